The van der Waals surface area contributed by atoms with Gasteiger partial charge in [0, 0.05) is 12.0 Å². The molecule has 19 heavy (non-hydrogen) atoms. The van der Waals surface area contributed by atoms with Crippen molar-refractivity contribution in [1.29, 1.82) is 0 Å². The summed E-state index contributed by atoms with van der Waals surface area (Å²) in [5.41, 5.74) is 6.60. The van der Waals surface area contributed by atoms with Gasteiger partial charge < -0.3 is 16.2 Å². The fourth-order valence-electron chi connectivity index (χ4n) is 1.80. The highest BCUT2D eigenvalue weighted by atomic mass is 16.3. The van der Waals surface area contributed by atoms with E-state index in [1.54, 1.807) is 0 Å². The smallest absolute Gasteiger partial charge is 0.220 e. The quantitative estimate of drug-likeness (QED) is 0.693. The zero-order chi connectivity index (χ0) is 14.3. The molecule has 1 amide bonds. The number of carbonyl (C=O) groups excluding carboxylic acids is 1. The Morgan fingerprint density at radius 1 is 1.37 bits per heavy atom. The van der Waals surface area contributed by atoms with Gasteiger partial charge >= 0.3 is 0 Å². The Hall–Kier alpha value is -1.39. The number of hydrogen-bond donors (Lipinski definition) is 3. The average Bonchev–Trinajstić information content (AvgIpc) is 2.36. The maximum absolute atomic E-state index is 11.8. The lowest BCUT2D eigenvalue weighted by Crippen LogP contribution is -2.40. The van der Waals surface area contributed by atoms with Crippen LogP contribution in [0.4, 0.5) is 0 Å². The molecule has 0 fully saturated rings. The number of aliphatic hydroxyl groups excluding tert-OH is 1. The third kappa shape index (κ3) is 6.94. The third-order valence-electron chi connectivity index (χ3n) is 2.91. The number of benzene rings is 1. The van der Waals surface area contributed by atoms with Crippen LogP contribution in [0.2, 0.25) is 0 Å². The molecular weight excluding hydrogens is 240 g/mol. The fraction of sp³-hybridized carbons (Fsp3) is 0.533. The monoisotopic (exact) mass is 264 g/mol. The topological polar surface area (TPSA) is 75.4 Å². The van der Waals surface area contributed by atoms with E-state index >= 15 is 0 Å². The van der Waals surface area contributed by atoms with E-state index in [4.69, 9.17) is 5.73 Å². The Morgan fingerprint density at radius 2 is 2.00 bits per heavy atom. The van der Waals surface area contributed by atoms with Crippen molar-refractivity contribution in [3.8, 4) is 0 Å². The summed E-state index contributed by atoms with van der Waals surface area (Å²) in [5.74, 6) is -0.0616. The lowest BCUT2D eigenvalue weighted by Gasteiger charge is -2.20. The molecule has 1 atom stereocenters. The van der Waals surface area contributed by atoms with Gasteiger partial charge in [-0.25, -0.2) is 0 Å². The molecule has 0 saturated heterocycles. The normalized spacial score (nSPS) is 13.1. The Kier molecular flexibility index (Phi) is 5.99. The Bertz CT molecular complexity index is 385. The van der Waals surface area contributed by atoms with Gasteiger partial charge in [0.1, 0.15) is 0 Å². The highest BCUT2D eigenvalue weighted by molar-refractivity contribution is 5.76. The molecule has 4 heteroatoms. The van der Waals surface area contributed by atoms with E-state index in [1.807, 2.05) is 44.2 Å². The van der Waals surface area contributed by atoms with Gasteiger partial charge in [0.2, 0.25) is 5.91 Å². The molecule has 1 aromatic carbocycles. The van der Waals surface area contributed by atoms with E-state index in [2.05, 4.69) is 5.32 Å². The minimum atomic E-state index is -0.342. The summed E-state index contributed by atoms with van der Waals surface area (Å²) >= 11 is 0. The summed E-state index contributed by atoms with van der Waals surface area (Å²) in [5, 5.41) is 12.2. The number of nitrogens with one attached hydrogen (secondary N) is 1. The van der Waals surface area contributed by atoms with Gasteiger partial charge in [-0.05, 0) is 32.3 Å². The maximum atomic E-state index is 11.8. The first-order chi connectivity index (χ1) is 8.90. The molecule has 1 aromatic rings. The summed E-state index contributed by atoms with van der Waals surface area (Å²) in [6.45, 7) is 3.73. The van der Waals surface area contributed by atoms with Crippen LogP contribution in [0.15, 0.2) is 30.3 Å². The van der Waals surface area contributed by atoms with Crippen molar-refractivity contribution in [1.82, 2.24) is 5.32 Å². The molecule has 0 spiro atoms. The van der Waals surface area contributed by atoms with Gasteiger partial charge in [-0.2, -0.15) is 0 Å². The molecule has 1 rings (SSSR count). The van der Waals surface area contributed by atoms with Crippen molar-refractivity contribution in [3.63, 3.8) is 0 Å². The summed E-state index contributed by atoms with van der Waals surface area (Å²) in [4.78, 5) is 11.8. The molecule has 0 aliphatic heterocycles. The van der Waals surface area contributed by atoms with Crippen molar-refractivity contribution >= 4 is 5.91 Å². The van der Waals surface area contributed by atoms with E-state index in [1.165, 1.54) is 0 Å². The Morgan fingerprint density at radius 3 is 2.53 bits per heavy atom. The molecule has 0 aliphatic rings. The van der Waals surface area contributed by atoms with E-state index in [0.29, 0.717) is 19.3 Å². The third-order valence-corrected chi connectivity index (χ3v) is 2.91. The average molecular weight is 264 g/mol. The zero-order valence-corrected chi connectivity index (χ0v) is 11.7. The van der Waals surface area contributed by atoms with Gasteiger partial charge in [0.05, 0.1) is 12.6 Å². The molecule has 0 bridgehead atoms. The SMILES string of the molecule is CC(C)(N)CCC(=O)N[C@@H](CO)Cc1ccccc1. The van der Waals surface area contributed by atoms with E-state index in [-0.39, 0.29) is 24.1 Å². The van der Waals surface area contributed by atoms with Gasteiger partial charge in [-0.15, -0.1) is 0 Å². The van der Waals surface area contributed by atoms with Crippen molar-refractivity contribution < 1.29 is 9.90 Å². The number of aliphatic hydroxyl groups is 1. The van der Waals surface area contributed by atoms with Gasteiger partial charge in [0.25, 0.3) is 0 Å². The molecule has 0 aliphatic carbocycles. The van der Waals surface area contributed by atoms with Crippen LogP contribution < -0.4 is 11.1 Å². The summed E-state index contributed by atoms with van der Waals surface area (Å²) in [6, 6.07) is 9.57. The molecule has 0 unspecified atom stereocenters. The van der Waals surface area contributed by atoms with E-state index in [0.717, 1.165) is 5.56 Å². The van der Waals surface area contributed by atoms with E-state index < -0.39 is 0 Å². The lowest BCUT2D eigenvalue weighted by atomic mass is 9.99. The first kappa shape index (κ1) is 15.7. The van der Waals surface area contributed by atoms with Crippen molar-refractivity contribution in [2.45, 2.75) is 44.7 Å². The second kappa shape index (κ2) is 7.26. The molecule has 0 radical (unpaired) electrons. The largest absolute Gasteiger partial charge is 0.394 e. The van der Waals surface area contributed by atoms with Crippen LogP contribution in [0.1, 0.15) is 32.3 Å². The number of amides is 1. The fourth-order valence-corrected chi connectivity index (χ4v) is 1.80. The van der Waals surface area contributed by atoms with Crippen LogP contribution in [-0.2, 0) is 11.2 Å². The van der Waals surface area contributed by atoms with Crippen LogP contribution in [0, 0.1) is 0 Å². The molecule has 106 valence electrons. The van der Waals surface area contributed by atoms with Crippen LogP contribution in [-0.4, -0.2) is 29.2 Å². The Balaban J connectivity index is 2.42. The minimum absolute atomic E-state index is 0.0616. The molecule has 0 aromatic heterocycles. The molecule has 4 nitrogen and oxygen atoms in total. The van der Waals surface area contributed by atoms with Crippen molar-refractivity contribution in [2.75, 3.05) is 6.61 Å². The van der Waals surface area contributed by atoms with Gasteiger partial charge in [-0.3, -0.25) is 4.79 Å². The number of carbonyl (C=O) groups is 1. The number of rotatable bonds is 7. The predicted molar refractivity (Wildman–Crippen MR) is 76.7 cm³/mol. The first-order valence-corrected chi connectivity index (χ1v) is 6.64. The summed E-state index contributed by atoms with van der Waals surface area (Å²) in [6.07, 6.45) is 1.65. The molecular formula is C15H24N2O2. The maximum Gasteiger partial charge on any atom is 0.220 e. The van der Waals surface area contributed by atoms with Crippen LogP contribution in [0.3, 0.4) is 0 Å². The molecule has 0 heterocycles. The van der Waals surface area contributed by atoms with Crippen molar-refractivity contribution in [2.24, 2.45) is 5.73 Å². The van der Waals surface area contributed by atoms with Gasteiger partial charge in [-0.1, -0.05) is 30.3 Å². The predicted octanol–water partition coefficient (Wildman–Crippen LogP) is 1.22. The molecule has 0 saturated carbocycles. The highest BCUT2D eigenvalue weighted by Gasteiger charge is 2.16. The standard InChI is InChI=1S/C15H24N2O2/c1-15(2,16)9-8-14(19)17-13(11-18)10-12-6-4-3-5-7-12/h3-7,13,18H,8-11,16H2,1-2H3,(H,17,19)/t13-/m1/s1. The second-order valence-electron chi connectivity index (χ2n) is 5.63. The Labute approximate surface area is 115 Å². The zero-order valence-electron chi connectivity index (χ0n) is 11.7. The summed E-state index contributed by atoms with van der Waals surface area (Å²) < 4.78 is 0. The van der Waals surface area contributed by atoms with Gasteiger partial charge in [0.15, 0.2) is 0 Å². The van der Waals surface area contributed by atoms with Crippen LogP contribution in [0.5, 0.6) is 0 Å². The minimum Gasteiger partial charge on any atom is -0.394 e. The molecule has 4 N–H and O–H groups in total. The van der Waals surface area contributed by atoms with Crippen molar-refractivity contribution in [3.05, 3.63) is 35.9 Å². The van der Waals surface area contributed by atoms with Crippen LogP contribution in [0.25, 0.3) is 0 Å². The summed E-state index contributed by atoms with van der Waals surface area (Å²) in [7, 11) is 0. The highest BCUT2D eigenvalue weighted by Crippen LogP contribution is 2.08. The second-order valence-corrected chi connectivity index (χ2v) is 5.63. The first-order valence-electron chi connectivity index (χ1n) is 6.64. The van der Waals surface area contributed by atoms with Crippen LogP contribution >= 0.6 is 0 Å². The van der Waals surface area contributed by atoms with E-state index in [9.17, 15) is 9.90 Å². The number of hydrogen-bond acceptors (Lipinski definition) is 3. The number of nitrogens with two attached hydrogens (primary N) is 1. The lowest BCUT2D eigenvalue weighted by molar-refractivity contribution is -0.122.